The van der Waals surface area contributed by atoms with Gasteiger partial charge in [-0.2, -0.15) is 13.2 Å². The second-order valence-corrected chi connectivity index (χ2v) is 4.53. The molecule has 0 aliphatic heterocycles. The first kappa shape index (κ1) is 16.0. The van der Waals surface area contributed by atoms with E-state index >= 15 is 0 Å². The predicted molar refractivity (Wildman–Crippen MR) is 67.8 cm³/mol. The summed E-state index contributed by atoms with van der Waals surface area (Å²) in [6, 6.07) is 0.301. The van der Waals surface area contributed by atoms with Gasteiger partial charge in [0, 0.05) is 12.1 Å². The van der Waals surface area contributed by atoms with Gasteiger partial charge in [-0.3, -0.25) is 4.79 Å². The zero-order valence-electron chi connectivity index (χ0n) is 11.2. The van der Waals surface area contributed by atoms with Crippen molar-refractivity contribution in [2.75, 3.05) is 11.1 Å². The molecule has 4 N–H and O–H groups in total. The van der Waals surface area contributed by atoms with E-state index in [4.69, 9.17) is 5.73 Å². The smallest absolute Gasteiger partial charge is 0.384 e. The van der Waals surface area contributed by atoms with Gasteiger partial charge in [0.25, 0.3) is 0 Å². The fourth-order valence-corrected chi connectivity index (χ4v) is 1.36. The molecule has 0 fully saturated rings. The minimum atomic E-state index is -4.70. The van der Waals surface area contributed by atoms with Crippen LogP contribution in [0, 0.1) is 0 Å². The summed E-state index contributed by atoms with van der Waals surface area (Å²) in [5.74, 6) is -2.19. The van der Waals surface area contributed by atoms with Gasteiger partial charge >= 0.3 is 6.18 Å². The predicted octanol–water partition coefficient (Wildman–Crippen LogP) is 1.40. The van der Waals surface area contributed by atoms with Gasteiger partial charge in [0.2, 0.25) is 11.7 Å². The molecule has 0 aliphatic rings. The van der Waals surface area contributed by atoms with Crippen molar-refractivity contribution in [3.63, 3.8) is 0 Å². The van der Waals surface area contributed by atoms with Crippen LogP contribution in [0.3, 0.4) is 0 Å². The second-order valence-electron chi connectivity index (χ2n) is 4.53. The average Bonchev–Trinajstić information content (AvgIpc) is 2.25. The molecular formula is C11H16F3N5O. The highest BCUT2D eigenvalue weighted by atomic mass is 19.4. The van der Waals surface area contributed by atoms with Crippen molar-refractivity contribution in [1.82, 2.24) is 15.3 Å². The number of nitrogens with zero attached hydrogens (tertiary/aromatic N) is 2. The molecule has 112 valence electrons. The normalized spacial score (nSPS) is 13.2. The first-order chi connectivity index (χ1) is 9.09. The molecule has 1 heterocycles. The molecule has 0 spiro atoms. The lowest BCUT2D eigenvalue weighted by Crippen LogP contribution is -2.41. The van der Waals surface area contributed by atoms with Gasteiger partial charge in [-0.25, -0.2) is 9.97 Å². The van der Waals surface area contributed by atoms with Crippen LogP contribution in [0.5, 0.6) is 0 Å². The molecule has 1 aromatic heterocycles. The summed E-state index contributed by atoms with van der Waals surface area (Å²) in [5.41, 5.74) is 5.30. The maximum absolute atomic E-state index is 12.5. The van der Waals surface area contributed by atoms with Crippen LogP contribution >= 0.6 is 0 Å². The van der Waals surface area contributed by atoms with Crippen LogP contribution in [0.4, 0.5) is 24.8 Å². The van der Waals surface area contributed by atoms with Crippen LogP contribution < -0.4 is 16.4 Å². The molecule has 1 aromatic rings. The number of nitrogens with one attached hydrogen (secondary N) is 2. The zero-order chi connectivity index (χ0) is 15.5. The first-order valence-corrected chi connectivity index (χ1v) is 5.88. The number of alkyl halides is 3. The zero-order valence-corrected chi connectivity index (χ0v) is 11.2. The molecule has 1 unspecified atom stereocenters. The number of rotatable bonds is 4. The molecular weight excluding hydrogens is 275 g/mol. The lowest BCUT2D eigenvalue weighted by molar-refractivity contribution is -0.144. The monoisotopic (exact) mass is 291 g/mol. The van der Waals surface area contributed by atoms with Crippen LogP contribution in [-0.2, 0) is 11.0 Å². The van der Waals surface area contributed by atoms with Crippen molar-refractivity contribution in [2.24, 2.45) is 0 Å². The van der Waals surface area contributed by atoms with Gasteiger partial charge < -0.3 is 16.4 Å². The third kappa shape index (κ3) is 4.56. The quantitative estimate of drug-likeness (QED) is 0.779. The van der Waals surface area contributed by atoms with E-state index in [9.17, 15) is 18.0 Å². The summed E-state index contributed by atoms with van der Waals surface area (Å²) in [6.45, 7) is 5.05. The molecule has 0 saturated heterocycles. The maximum Gasteiger partial charge on any atom is 0.451 e. The number of hydrogen-bond donors (Lipinski definition) is 3. The highest BCUT2D eigenvalue weighted by Crippen LogP contribution is 2.27. The second kappa shape index (κ2) is 5.93. The summed E-state index contributed by atoms with van der Waals surface area (Å²) in [5, 5.41) is 5.18. The van der Waals surface area contributed by atoms with E-state index in [1.807, 2.05) is 0 Å². The number of nitrogens with two attached hydrogens (primary N) is 1. The van der Waals surface area contributed by atoms with Crippen LogP contribution in [-0.4, -0.2) is 28.0 Å². The summed E-state index contributed by atoms with van der Waals surface area (Å²) >= 11 is 0. The van der Waals surface area contributed by atoms with E-state index in [-0.39, 0.29) is 23.6 Å². The van der Waals surface area contributed by atoms with E-state index < -0.39 is 18.0 Å². The summed E-state index contributed by atoms with van der Waals surface area (Å²) in [6.07, 6.45) is -4.70. The molecule has 1 rings (SSSR count). The molecule has 0 bridgehead atoms. The van der Waals surface area contributed by atoms with Crippen molar-refractivity contribution in [1.29, 1.82) is 0 Å². The highest BCUT2D eigenvalue weighted by molar-refractivity contribution is 5.84. The fraction of sp³-hybridized carbons (Fsp3) is 0.545. The van der Waals surface area contributed by atoms with E-state index in [2.05, 4.69) is 20.6 Å². The number of hydrogen-bond acceptors (Lipinski definition) is 5. The third-order valence-corrected chi connectivity index (χ3v) is 2.19. The van der Waals surface area contributed by atoms with Gasteiger partial charge in [0.1, 0.15) is 17.7 Å². The average molecular weight is 291 g/mol. The minimum Gasteiger partial charge on any atom is -0.384 e. The Bertz CT molecular complexity index is 489. The van der Waals surface area contributed by atoms with Crippen molar-refractivity contribution in [3.8, 4) is 0 Å². The number of aromatic nitrogens is 2. The van der Waals surface area contributed by atoms with Crippen molar-refractivity contribution in [3.05, 3.63) is 11.9 Å². The topological polar surface area (TPSA) is 92.9 Å². The fourth-order valence-electron chi connectivity index (χ4n) is 1.36. The molecule has 6 nitrogen and oxygen atoms in total. The van der Waals surface area contributed by atoms with E-state index in [0.717, 1.165) is 6.07 Å². The number of halogens is 3. The lowest BCUT2D eigenvalue weighted by Gasteiger charge is -2.17. The Kier molecular flexibility index (Phi) is 4.74. The molecule has 0 saturated carbocycles. The van der Waals surface area contributed by atoms with Crippen molar-refractivity contribution in [2.45, 2.75) is 39.0 Å². The number of anilines is 2. The molecule has 1 atom stereocenters. The molecule has 1 amide bonds. The molecule has 0 aliphatic carbocycles. The highest BCUT2D eigenvalue weighted by Gasteiger charge is 2.35. The number of amides is 1. The first-order valence-electron chi connectivity index (χ1n) is 5.88. The van der Waals surface area contributed by atoms with Crippen LogP contribution in [0.1, 0.15) is 26.6 Å². The Morgan fingerprint density at radius 1 is 1.30 bits per heavy atom. The lowest BCUT2D eigenvalue weighted by atomic mass is 10.3. The maximum atomic E-state index is 12.5. The molecule has 9 heteroatoms. The van der Waals surface area contributed by atoms with Crippen LogP contribution in [0.15, 0.2) is 6.07 Å². The van der Waals surface area contributed by atoms with Gasteiger partial charge in [0.05, 0.1) is 0 Å². The van der Waals surface area contributed by atoms with E-state index in [0.29, 0.717) is 0 Å². The Balaban J connectivity index is 2.87. The Morgan fingerprint density at radius 2 is 1.90 bits per heavy atom. The SMILES string of the molecule is CC(C)NC(=O)C(C)Nc1cc(N)nc(C(F)(F)F)n1. The number of carbonyl (C=O) groups excluding carboxylic acids is 1. The standard InChI is InChI=1S/C11H16F3N5O/c1-5(2)16-9(20)6(3)17-8-4-7(15)18-10(19-8)11(12,13)14/h4-6H,1-3H3,(H,16,20)(H3,15,17,18,19). The summed E-state index contributed by atoms with van der Waals surface area (Å²) in [7, 11) is 0. The van der Waals surface area contributed by atoms with Crippen LogP contribution in [0.25, 0.3) is 0 Å². The third-order valence-electron chi connectivity index (χ3n) is 2.19. The van der Waals surface area contributed by atoms with Gasteiger partial charge in [-0.05, 0) is 20.8 Å². The summed E-state index contributed by atoms with van der Waals surface area (Å²) < 4.78 is 37.6. The van der Waals surface area contributed by atoms with Crippen LogP contribution in [0.2, 0.25) is 0 Å². The molecule has 0 radical (unpaired) electrons. The summed E-state index contributed by atoms with van der Waals surface area (Å²) in [4.78, 5) is 18.1. The Labute approximate surface area is 114 Å². The van der Waals surface area contributed by atoms with E-state index in [1.165, 1.54) is 6.92 Å². The van der Waals surface area contributed by atoms with Gasteiger partial charge in [-0.15, -0.1) is 0 Å². The largest absolute Gasteiger partial charge is 0.451 e. The molecule has 20 heavy (non-hydrogen) atoms. The van der Waals surface area contributed by atoms with Crippen molar-refractivity contribution < 1.29 is 18.0 Å². The molecule has 0 aromatic carbocycles. The van der Waals surface area contributed by atoms with Gasteiger partial charge in [0.15, 0.2) is 0 Å². The van der Waals surface area contributed by atoms with E-state index in [1.54, 1.807) is 13.8 Å². The Hall–Kier alpha value is -2.06. The number of carbonyl (C=O) groups is 1. The Morgan fingerprint density at radius 3 is 2.40 bits per heavy atom. The van der Waals surface area contributed by atoms with Gasteiger partial charge in [-0.1, -0.05) is 0 Å². The number of nitrogen functional groups attached to an aromatic ring is 1. The minimum absolute atomic E-state index is 0.0760. The van der Waals surface area contributed by atoms with Crippen molar-refractivity contribution >= 4 is 17.5 Å².